The van der Waals surface area contributed by atoms with Gasteiger partial charge in [-0.1, -0.05) is 6.07 Å². The Bertz CT molecular complexity index is 589. The van der Waals surface area contributed by atoms with Crippen LogP contribution in [0.3, 0.4) is 0 Å². The molecule has 5 heteroatoms. The Morgan fingerprint density at radius 1 is 1.25 bits per heavy atom. The van der Waals surface area contributed by atoms with Crippen molar-refractivity contribution in [2.24, 2.45) is 17.8 Å². The summed E-state index contributed by atoms with van der Waals surface area (Å²) in [7, 11) is 0. The number of carbonyl (C=O) groups excluding carboxylic acids is 2. The average Bonchev–Trinajstić information content (AvgIpc) is 2.97. The summed E-state index contributed by atoms with van der Waals surface area (Å²) in [4.78, 5) is 25.5. The summed E-state index contributed by atoms with van der Waals surface area (Å²) in [5.41, 5.74) is -0.0275. The predicted octanol–water partition coefficient (Wildman–Crippen LogP) is 3.31. The average molecular weight is 347 g/mol. The van der Waals surface area contributed by atoms with Gasteiger partial charge < -0.3 is 10.1 Å². The summed E-state index contributed by atoms with van der Waals surface area (Å²) >= 11 is 1.53. The quantitative estimate of drug-likeness (QED) is 0.832. The van der Waals surface area contributed by atoms with E-state index < -0.39 is 6.10 Å². The molecule has 1 heterocycles. The van der Waals surface area contributed by atoms with Gasteiger partial charge in [0.1, 0.15) is 0 Å². The van der Waals surface area contributed by atoms with Crippen molar-refractivity contribution < 1.29 is 14.3 Å². The molecule has 0 unspecified atom stereocenters. The fourth-order valence-corrected chi connectivity index (χ4v) is 6.16. The molecule has 24 heavy (non-hydrogen) atoms. The Morgan fingerprint density at radius 3 is 2.42 bits per heavy atom. The number of esters is 1. The van der Waals surface area contributed by atoms with Crippen molar-refractivity contribution in [3.63, 3.8) is 0 Å². The number of thiophene rings is 1. The molecule has 1 amide bonds. The van der Waals surface area contributed by atoms with Crippen molar-refractivity contribution >= 4 is 23.2 Å². The highest BCUT2D eigenvalue weighted by atomic mass is 32.1. The molecule has 4 fully saturated rings. The van der Waals surface area contributed by atoms with Gasteiger partial charge in [0.05, 0.1) is 6.42 Å². The standard InChI is InChI=1S/C19H25NO3S/c1-12(23-17(21)8-16-3-2-4-24-16)18(22)20-19-9-13-5-14(10-19)7-15(6-13)11-19/h2-4,12-15H,5-11H2,1H3,(H,20,22)/t12-,13?,14?,15?,19?/m1/s1. The molecule has 0 aromatic carbocycles. The van der Waals surface area contributed by atoms with Crippen LogP contribution in [-0.4, -0.2) is 23.5 Å². The molecule has 4 aliphatic carbocycles. The van der Waals surface area contributed by atoms with Crippen molar-refractivity contribution in [2.45, 2.75) is 63.5 Å². The van der Waals surface area contributed by atoms with Gasteiger partial charge in [-0.2, -0.15) is 0 Å². The molecular formula is C19H25NO3S. The highest BCUT2D eigenvalue weighted by Gasteiger charge is 2.51. The number of nitrogens with one attached hydrogen (secondary N) is 1. The van der Waals surface area contributed by atoms with Crippen molar-refractivity contribution in [3.05, 3.63) is 22.4 Å². The molecule has 0 spiro atoms. The topological polar surface area (TPSA) is 55.4 Å². The lowest BCUT2D eigenvalue weighted by molar-refractivity contribution is -0.156. The number of amides is 1. The molecule has 1 atom stereocenters. The lowest BCUT2D eigenvalue weighted by Gasteiger charge is -2.57. The van der Waals surface area contributed by atoms with Gasteiger partial charge in [0.2, 0.25) is 0 Å². The fraction of sp³-hybridized carbons (Fsp3) is 0.684. The zero-order chi connectivity index (χ0) is 16.7. The van der Waals surface area contributed by atoms with Gasteiger partial charge in [0.25, 0.3) is 5.91 Å². The van der Waals surface area contributed by atoms with Gasteiger partial charge in [-0.3, -0.25) is 9.59 Å². The normalized spacial score (nSPS) is 34.8. The van der Waals surface area contributed by atoms with Gasteiger partial charge in [-0.15, -0.1) is 11.3 Å². The predicted molar refractivity (Wildman–Crippen MR) is 92.6 cm³/mol. The van der Waals surface area contributed by atoms with E-state index in [4.69, 9.17) is 4.74 Å². The van der Waals surface area contributed by atoms with Gasteiger partial charge in [-0.25, -0.2) is 0 Å². The van der Waals surface area contributed by atoms with Crippen LogP contribution in [-0.2, 0) is 20.7 Å². The summed E-state index contributed by atoms with van der Waals surface area (Å²) in [6.45, 7) is 1.68. The SMILES string of the molecule is C[C@@H](OC(=O)Cc1cccs1)C(=O)NC12CC3CC(CC(C3)C1)C2. The van der Waals surface area contributed by atoms with E-state index in [9.17, 15) is 9.59 Å². The maximum absolute atomic E-state index is 12.6. The third-order valence-electron chi connectivity index (χ3n) is 6.00. The van der Waals surface area contributed by atoms with Crippen molar-refractivity contribution in [1.29, 1.82) is 0 Å². The summed E-state index contributed by atoms with van der Waals surface area (Å²) < 4.78 is 5.36. The molecule has 1 N–H and O–H groups in total. The first kappa shape index (κ1) is 16.1. The Hall–Kier alpha value is -1.36. The number of hydrogen-bond donors (Lipinski definition) is 1. The Morgan fingerprint density at radius 2 is 1.88 bits per heavy atom. The first-order chi connectivity index (χ1) is 11.5. The zero-order valence-corrected chi connectivity index (χ0v) is 14.9. The maximum atomic E-state index is 12.6. The Labute approximate surface area is 147 Å². The van der Waals surface area contributed by atoms with Crippen LogP contribution >= 0.6 is 11.3 Å². The van der Waals surface area contributed by atoms with Crippen LogP contribution in [0.25, 0.3) is 0 Å². The minimum Gasteiger partial charge on any atom is -0.452 e. The number of carbonyl (C=O) groups is 2. The third-order valence-corrected chi connectivity index (χ3v) is 6.88. The van der Waals surface area contributed by atoms with Crippen LogP contribution in [0.4, 0.5) is 0 Å². The molecule has 5 rings (SSSR count). The molecule has 4 saturated carbocycles. The van der Waals surface area contributed by atoms with Crippen LogP contribution in [0.15, 0.2) is 17.5 Å². The molecule has 4 nitrogen and oxygen atoms in total. The van der Waals surface area contributed by atoms with Gasteiger partial charge >= 0.3 is 5.97 Å². The monoisotopic (exact) mass is 347 g/mol. The van der Waals surface area contributed by atoms with Crippen molar-refractivity contribution in [1.82, 2.24) is 5.32 Å². The van der Waals surface area contributed by atoms with E-state index in [0.717, 1.165) is 41.9 Å². The maximum Gasteiger partial charge on any atom is 0.311 e. The van der Waals surface area contributed by atoms with Gasteiger partial charge in [0.15, 0.2) is 6.10 Å². The third kappa shape index (κ3) is 3.23. The molecule has 1 aromatic heterocycles. The summed E-state index contributed by atoms with van der Waals surface area (Å²) in [5, 5.41) is 5.21. The van der Waals surface area contributed by atoms with Crippen LogP contribution in [0.5, 0.6) is 0 Å². The molecule has 0 aliphatic heterocycles. The highest BCUT2D eigenvalue weighted by molar-refractivity contribution is 7.10. The highest BCUT2D eigenvalue weighted by Crippen LogP contribution is 2.55. The van der Waals surface area contributed by atoms with Crippen LogP contribution in [0.1, 0.15) is 50.3 Å². The first-order valence-corrected chi connectivity index (χ1v) is 9.93. The second-order valence-electron chi connectivity index (χ2n) is 8.08. The zero-order valence-electron chi connectivity index (χ0n) is 14.1. The molecule has 4 bridgehead atoms. The Balaban J connectivity index is 1.33. The van der Waals surface area contributed by atoms with Crippen molar-refractivity contribution in [2.75, 3.05) is 0 Å². The number of hydrogen-bond acceptors (Lipinski definition) is 4. The molecule has 0 radical (unpaired) electrons. The summed E-state index contributed by atoms with van der Waals surface area (Å²) in [6, 6.07) is 3.82. The first-order valence-electron chi connectivity index (χ1n) is 9.05. The van der Waals surface area contributed by atoms with Crippen LogP contribution in [0.2, 0.25) is 0 Å². The molecule has 1 aromatic rings. The number of ether oxygens (including phenoxy) is 1. The Kier molecular flexibility index (Phi) is 4.15. The van der Waals surface area contributed by atoms with E-state index in [2.05, 4.69) is 5.32 Å². The molecule has 0 saturated heterocycles. The van der Waals surface area contributed by atoms with Gasteiger partial charge in [0, 0.05) is 10.4 Å². The molecule has 4 aliphatic rings. The lowest BCUT2D eigenvalue weighted by Crippen LogP contribution is -2.61. The van der Waals surface area contributed by atoms with E-state index in [-0.39, 0.29) is 23.8 Å². The largest absolute Gasteiger partial charge is 0.452 e. The molecular weight excluding hydrogens is 322 g/mol. The summed E-state index contributed by atoms with van der Waals surface area (Å²) in [5.74, 6) is 1.90. The second-order valence-corrected chi connectivity index (χ2v) is 9.11. The van der Waals surface area contributed by atoms with E-state index in [1.54, 1.807) is 6.92 Å². The smallest absolute Gasteiger partial charge is 0.311 e. The molecule has 130 valence electrons. The lowest BCUT2D eigenvalue weighted by atomic mass is 9.53. The van der Waals surface area contributed by atoms with Gasteiger partial charge in [-0.05, 0) is 74.6 Å². The minimum absolute atomic E-state index is 0.0275. The van der Waals surface area contributed by atoms with E-state index >= 15 is 0 Å². The van der Waals surface area contributed by atoms with E-state index in [1.807, 2.05) is 17.5 Å². The van der Waals surface area contributed by atoms with Crippen LogP contribution in [0, 0.1) is 17.8 Å². The van der Waals surface area contributed by atoms with E-state index in [1.165, 1.54) is 30.6 Å². The number of rotatable bonds is 5. The fourth-order valence-electron chi connectivity index (χ4n) is 5.47. The summed E-state index contributed by atoms with van der Waals surface area (Å²) in [6.07, 6.45) is 6.90. The minimum atomic E-state index is -0.717. The van der Waals surface area contributed by atoms with Crippen molar-refractivity contribution in [3.8, 4) is 0 Å². The van der Waals surface area contributed by atoms with Crippen LogP contribution < -0.4 is 5.32 Å². The second kappa shape index (κ2) is 6.17. The van der Waals surface area contributed by atoms with E-state index in [0.29, 0.717) is 0 Å².